The lowest BCUT2D eigenvalue weighted by atomic mass is 10.1. The molecule has 0 saturated heterocycles. The molecule has 0 aliphatic heterocycles. The second-order valence-electron chi connectivity index (χ2n) is 6.94. The van der Waals surface area contributed by atoms with Gasteiger partial charge in [-0.2, -0.15) is 13.2 Å². The molecule has 31 heavy (non-hydrogen) atoms. The number of rotatable bonds is 5. The number of alkyl halides is 3. The van der Waals surface area contributed by atoms with Crippen molar-refractivity contribution in [3.63, 3.8) is 0 Å². The third kappa shape index (κ3) is 4.93. The summed E-state index contributed by atoms with van der Waals surface area (Å²) < 4.78 is 41.4. The molecule has 0 radical (unpaired) electrons. The molecule has 164 valence electrons. The molecule has 0 fully saturated rings. The highest BCUT2D eigenvalue weighted by Gasteiger charge is 2.34. The van der Waals surface area contributed by atoms with E-state index >= 15 is 0 Å². The van der Waals surface area contributed by atoms with E-state index in [0.717, 1.165) is 22.6 Å². The molecule has 7 nitrogen and oxygen atoms in total. The number of nitrogens with one attached hydrogen (secondary N) is 2. The van der Waals surface area contributed by atoms with Crippen LogP contribution >= 0.6 is 11.3 Å². The van der Waals surface area contributed by atoms with Crippen LogP contribution in [0.2, 0.25) is 0 Å². The van der Waals surface area contributed by atoms with Gasteiger partial charge >= 0.3 is 6.18 Å². The van der Waals surface area contributed by atoms with Gasteiger partial charge in [0, 0.05) is 30.5 Å². The van der Waals surface area contributed by atoms with E-state index in [2.05, 4.69) is 15.6 Å². The maximum absolute atomic E-state index is 13.4. The third-order valence-corrected chi connectivity index (χ3v) is 5.77. The minimum absolute atomic E-state index is 0.0345. The van der Waals surface area contributed by atoms with Crippen LogP contribution in [0.4, 0.5) is 24.5 Å². The summed E-state index contributed by atoms with van der Waals surface area (Å²) in [6.07, 6.45) is -3.63. The Kier molecular flexibility index (Phi) is 6.16. The van der Waals surface area contributed by atoms with Crippen molar-refractivity contribution in [3.8, 4) is 0 Å². The van der Waals surface area contributed by atoms with Crippen LogP contribution in [0, 0.1) is 13.8 Å². The Morgan fingerprint density at radius 1 is 1.19 bits per heavy atom. The standard InChI is InChI=1S/C20H19F3N4O3S/c1-10-11(2)31-18-17(10)19(30)27(9-24-18)7-6-16(29)26-15-5-4-13(25-12(3)28)8-14(15)20(21,22)23/h4-5,8-9H,6-7H2,1-3H3,(H,25,28)(H,26,29). The van der Waals surface area contributed by atoms with Crippen LogP contribution in [0.15, 0.2) is 29.3 Å². The third-order valence-electron chi connectivity index (χ3n) is 4.66. The lowest BCUT2D eigenvalue weighted by molar-refractivity contribution is -0.137. The van der Waals surface area contributed by atoms with Gasteiger partial charge in [0.25, 0.3) is 5.56 Å². The molecule has 2 heterocycles. The van der Waals surface area contributed by atoms with Gasteiger partial charge in [0.1, 0.15) is 4.83 Å². The zero-order valence-electron chi connectivity index (χ0n) is 16.9. The molecule has 2 aromatic heterocycles. The summed E-state index contributed by atoms with van der Waals surface area (Å²) in [5.74, 6) is -1.21. The number of nitrogens with zero attached hydrogens (tertiary/aromatic N) is 2. The molecule has 2 amide bonds. The van der Waals surface area contributed by atoms with Crippen LogP contribution in [0.5, 0.6) is 0 Å². The van der Waals surface area contributed by atoms with Crippen LogP contribution < -0.4 is 16.2 Å². The molecule has 0 atom stereocenters. The van der Waals surface area contributed by atoms with Crippen LogP contribution in [-0.4, -0.2) is 21.4 Å². The minimum atomic E-state index is -4.74. The highest BCUT2D eigenvalue weighted by molar-refractivity contribution is 7.18. The molecule has 0 bridgehead atoms. The Balaban J connectivity index is 1.77. The number of carbonyl (C=O) groups is 2. The van der Waals surface area contributed by atoms with Crippen molar-refractivity contribution < 1.29 is 22.8 Å². The zero-order chi connectivity index (χ0) is 22.9. The van der Waals surface area contributed by atoms with E-state index in [9.17, 15) is 27.6 Å². The zero-order valence-corrected chi connectivity index (χ0v) is 17.7. The van der Waals surface area contributed by atoms with Gasteiger partial charge < -0.3 is 10.6 Å². The summed E-state index contributed by atoms with van der Waals surface area (Å²) in [6.45, 7) is 4.84. The number of hydrogen-bond donors (Lipinski definition) is 2. The Morgan fingerprint density at radius 2 is 1.90 bits per heavy atom. The SMILES string of the molecule is CC(=O)Nc1ccc(NC(=O)CCn2cnc3sc(C)c(C)c3c2=O)c(C(F)(F)F)c1. The Labute approximate surface area is 178 Å². The molecular weight excluding hydrogens is 433 g/mol. The normalized spacial score (nSPS) is 11.5. The number of fused-ring (bicyclic) bond motifs is 1. The van der Waals surface area contributed by atoms with E-state index in [-0.39, 0.29) is 24.2 Å². The number of benzene rings is 1. The topological polar surface area (TPSA) is 93.1 Å². The smallest absolute Gasteiger partial charge is 0.326 e. The number of thiophene rings is 1. The summed E-state index contributed by atoms with van der Waals surface area (Å²) >= 11 is 1.40. The molecule has 2 N–H and O–H groups in total. The number of amides is 2. The van der Waals surface area contributed by atoms with Gasteiger partial charge in [-0.25, -0.2) is 4.98 Å². The van der Waals surface area contributed by atoms with Crippen molar-refractivity contribution in [2.24, 2.45) is 0 Å². The van der Waals surface area contributed by atoms with Crippen molar-refractivity contribution in [1.29, 1.82) is 0 Å². The first kappa shape index (κ1) is 22.5. The molecule has 0 unspecified atom stereocenters. The van der Waals surface area contributed by atoms with E-state index in [1.54, 1.807) is 0 Å². The number of aromatic nitrogens is 2. The van der Waals surface area contributed by atoms with Crippen LogP contribution in [0.25, 0.3) is 10.2 Å². The number of anilines is 2. The van der Waals surface area contributed by atoms with E-state index in [0.29, 0.717) is 10.2 Å². The number of aryl methyl sites for hydroxylation is 3. The first-order valence-corrected chi connectivity index (χ1v) is 10.0. The fourth-order valence-corrected chi connectivity index (χ4v) is 4.02. The van der Waals surface area contributed by atoms with Gasteiger partial charge in [-0.3, -0.25) is 19.0 Å². The highest BCUT2D eigenvalue weighted by Crippen LogP contribution is 2.36. The minimum Gasteiger partial charge on any atom is -0.326 e. The van der Waals surface area contributed by atoms with Gasteiger partial charge in [-0.15, -0.1) is 11.3 Å². The average Bonchev–Trinajstić information content (AvgIpc) is 2.96. The molecule has 3 aromatic rings. The fourth-order valence-electron chi connectivity index (χ4n) is 3.03. The van der Waals surface area contributed by atoms with Crippen LogP contribution in [0.3, 0.4) is 0 Å². The molecule has 3 rings (SSSR count). The predicted molar refractivity (Wildman–Crippen MR) is 112 cm³/mol. The van der Waals surface area contributed by atoms with Gasteiger partial charge in [0.2, 0.25) is 11.8 Å². The van der Waals surface area contributed by atoms with Crippen molar-refractivity contribution in [1.82, 2.24) is 9.55 Å². The Hall–Kier alpha value is -3.21. The second kappa shape index (κ2) is 8.50. The summed E-state index contributed by atoms with van der Waals surface area (Å²) in [7, 11) is 0. The maximum atomic E-state index is 13.4. The molecule has 0 aliphatic rings. The van der Waals surface area contributed by atoms with E-state index in [1.165, 1.54) is 35.2 Å². The van der Waals surface area contributed by atoms with E-state index in [1.807, 2.05) is 13.8 Å². The van der Waals surface area contributed by atoms with Gasteiger partial charge in [0.15, 0.2) is 0 Å². The lowest BCUT2D eigenvalue weighted by Crippen LogP contribution is -2.24. The second-order valence-corrected chi connectivity index (χ2v) is 8.15. The molecule has 0 aliphatic carbocycles. The van der Waals surface area contributed by atoms with Gasteiger partial charge in [-0.05, 0) is 37.6 Å². The molecule has 11 heteroatoms. The largest absolute Gasteiger partial charge is 0.418 e. The number of carbonyl (C=O) groups excluding carboxylic acids is 2. The van der Waals surface area contributed by atoms with Crippen molar-refractivity contribution in [3.05, 3.63) is 50.9 Å². The van der Waals surface area contributed by atoms with Crippen molar-refractivity contribution >= 4 is 44.7 Å². The Morgan fingerprint density at radius 3 is 2.55 bits per heavy atom. The van der Waals surface area contributed by atoms with Gasteiger partial charge in [-0.1, -0.05) is 0 Å². The van der Waals surface area contributed by atoms with Crippen LogP contribution in [0.1, 0.15) is 29.3 Å². The van der Waals surface area contributed by atoms with Crippen LogP contribution in [-0.2, 0) is 22.3 Å². The highest BCUT2D eigenvalue weighted by atomic mass is 32.1. The molecule has 0 saturated carbocycles. The van der Waals surface area contributed by atoms with E-state index in [4.69, 9.17) is 0 Å². The van der Waals surface area contributed by atoms with E-state index < -0.39 is 29.2 Å². The summed E-state index contributed by atoms with van der Waals surface area (Å²) in [5, 5.41) is 4.99. The quantitative estimate of drug-likeness (QED) is 0.610. The number of halogens is 3. The monoisotopic (exact) mass is 452 g/mol. The molecule has 0 spiro atoms. The first-order chi connectivity index (χ1) is 14.5. The van der Waals surface area contributed by atoms with Gasteiger partial charge in [0.05, 0.1) is 23.0 Å². The number of hydrogen-bond acceptors (Lipinski definition) is 5. The maximum Gasteiger partial charge on any atom is 0.418 e. The van der Waals surface area contributed by atoms with Crippen molar-refractivity contribution in [2.75, 3.05) is 10.6 Å². The average molecular weight is 452 g/mol. The fraction of sp³-hybridized carbons (Fsp3) is 0.300. The summed E-state index contributed by atoms with van der Waals surface area (Å²) in [4.78, 5) is 41.9. The summed E-state index contributed by atoms with van der Waals surface area (Å²) in [5.41, 5.74) is -1.03. The summed E-state index contributed by atoms with van der Waals surface area (Å²) in [6, 6.07) is 3.08. The molecular formula is C20H19F3N4O3S. The Bertz CT molecular complexity index is 1230. The van der Waals surface area contributed by atoms with Crippen molar-refractivity contribution in [2.45, 2.75) is 39.9 Å². The predicted octanol–water partition coefficient (Wildman–Crippen LogP) is 4.08. The lowest BCUT2D eigenvalue weighted by Gasteiger charge is -2.15. The first-order valence-electron chi connectivity index (χ1n) is 9.21. The molecule has 1 aromatic carbocycles.